The summed E-state index contributed by atoms with van der Waals surface area (Å²) in [6.45, 7) is 0.774. The van der Waals surface area contributed by atoms with Gasteiger partial charge >= 0.3 is 0 Å². The van der Waals surface area contributed by atoms with Crippen molar-refractivity contribution in [1.82, 2.24) is 10.3 Å². The lowest BCUT2D eigenvalue weighted by Crippen LogP contribution is -2.05. The Morgan fingerprint density at radius 1 is 1.44 bits per heavy atom. The van der Waals surface area contributed by atoms with Gasteiger partial charge in [0.05, 0.1) is 12.1 Å². The quantitative estimate of drug-likeness (QED) is 0.890. The zero-order valence-electron chi connectivity index (χ0n) is 9.25. The number of methoxy groups -OCH3 is 1. The molecule has 2 aromatic rings. The number of pyridine rings is 1. The van der Waals surface area contributed by atoms with E-state index < -0.39 is 0 Å². The molecule has 84 valence electrons. The Balaban J connectivity index is 2.63. The number of benzene rings is 1. The van der Waals surface area contributed by atoms with E-state index in [1.165, 1.54) is 0 Å². The summed E-state index contributed by atoms with van der Waals surface area (Å²) in [7, 11) is 3.53. The molecule has 0 saturated heterocycles. The Morgan fingerprint density at radius 2 is 2.25 bits per heavy atom. The van der Waals surface area contributed by atoms with E-state index in [0.717, 1.165) is 28.8 Å². The number of rotatable bonds is 3. The van der Waals surface area contributed by atoms with E-state index in [2.05, 4.69) is 10.3 Å². The van der Waals surface area contributed by atoms with Crippen LogP contribution in [0.25, 0.3) is 10.9 Å². The molecular weight excluding hydrogens is 224 g/mol. The second-order valence-corrected chi connectivity index (χ2v) is 3.93. The topological polar surface area (TPSA) is 34.2 Å². The molecule has 0 unspecified atom stereocenters. The molecular formula is C12H13ClN2O. The Hall–Kier alpha value is -1.32. The number of ether oxygens (including phenoxy) is 1. The summed E-state index contributed by atoms with van der Waals surface area (Å²) in [5.74, 6) is 0.746. The highest BCUT2D eigenvalue weighted by atomic mass is 35.5. The summed E-state index contributed by atoms with van der Waals surface area (Å²) in [5.41, 5.74) is 1.90. The molecule has 2 rings (SSSR count). The normalized spacial score (nSPS) is 10.7. The Labute approximate surface area is 99.4 Å². The first-order valence-electron chi connectivity index (χ1n) is 5.02. The maximum Gasteiger partial charge on any atom is 0.145 e. The fraction of sp³-hybridized carbons (Fsp3) is 0.250. The van der Waals surface area contributed by atoms with Crippen molar-refractivity contribution in [3.8, 4) is 5.75 Å². The Kier molecular flexibility index (Phi) is 3.27. The van der Waals surface area contributed by atoms with Gasteiger partial charge in [-0.3, -0.25) is 4.98 Å². The molecule has 3 nitrogen and oxygen atoms in total. The lowest BCUT2D eigenvalue weighted by atomic mass is 10.1. The molecule has 1 aromatic heterocycles. The second kappa shape index (κ2) is 4.68. The first kappa shape index (κ1) is 11.2. The monoisotopic (exact) mass is 236 g/mol. The third-order valence-electron chi connectivity index (χ3n) is 2.42. The van der Waals surface area contributed by atoms with Crippen LogP contribution in [0.3, 0.4) is 0 Å². The highest BCUT2D eigenvalue weighted by Gasteiger charge is 2.07. The van der Waals surface area contributed by atoms with Gasteiger partial charge in [0, 0.05) is 18.1 Å². The number of hydrogen-bond acceptors (Lipinski definition) is 3. The largest absolute Gasteiger partial charge is 0.494 e. The van der Waals surface area contributed by atoms with Gasteiger partial charge in [-0.15, -0.1) is 0 Å². The molecule has 0 aliphatic rings. The summed E-state index contributed by atoms with van der Waals surface area (Å²) in [4.78, 5) is 4.38. The van der Waals surface area contributed by atoms with Crippen molar-refractivity contribution in [2.24, 2.45) is 0 Å². The molecule has 4 heteroatoms. The molecule has 0 aliphatic carbocycles. The van der Waals surface area contributed by atoms with Gasteiger partial charge in [-0.05, 0) is 30.8 Å². The standard InChI is InChI=1S/C12H13ClN2O/c1-14-6-8-5-9-10(13)3-4-11(16-2)12(9)15-7-8/h3-5,7,14H,6H2,1-2H3. The maximum atomic E-state index is 6.14. The first-order chi connectivity index (χ1) is 7.76. The smallest absolute Gasteiger partial charge is 0.145 e. The summed E-state index contributed by atoms with van der Waals surface area (Å²) >= 11 is 6.14. The van der Waals surface area contributed by atoms with Crippen molar-refractivity contribution in [2.45, 2.75) is 6.54 Å². The molecule has 0 radical (unpaired) electrons. The number of halogens is 1. The van der Waals surface area contributed by atoms with Crippen LogP contribution in [0.2, 0.25) is 5.02 Å². The van der Waals surface area contributed by atoms with Gasteiger partial charge in [0.2, 0.25) is 0 Å². The number of aromatic nitrogens is 1. The SMILES string of the molecule is CNCc1cnc2c(OC)ccc(Cl)c2c1. The predicted octanol–water partition coefficient (Wildman–Crippen LogP) is 2.62. The van der Waals surface area contributed by atoms with Crippen LogP contribution in [-0.2, 0) is 6.54 Å². The van der Waals surface area contributed by atoms with Crippen molar-refractivity contribution in [1.29, 1.82) is 0 Å². The van der Waals surface area contributed by atoms with Gasteiger partial charge in [0.25, 0.3) is 0 Å². The van der Waals surface area contributed by atoms with Gasteiger partial charge in [-0.1, -0.05) is 11.6 Å². The van der Waals surface area contributed by atoms with Crippen molar-refractivity contribution >= 4 is 22.5 Å². The zero-order chi connectivity index (χ0) is 11.5. The Morgan fingerprint density at radius 3 is 2.94 bits per heavy atom. The van der Waals surface area contributed by atoms with Crippen molar-refractivity contribution in [3.05, 3.63) is 35.0 Å². The van der Waals surface area contributed by atoms with Gasteiger partial charge in [0.1, 0.15) is 11.3 Å². The second-order valence-electron chi connectivity index (χ2n) is 3.52. The van der Waals surface area contributed by atoms with Crippen molar-refractivity contribution in [2.75, 3.05) is 14.2 Å². The molecule has 0 amide bonds. The zero-order valence-corrected chi connectivity index (χ0v) is 10.0. The minimum Gasteiger partial charge on any atom is -0.494 e. The molecule has 0 aliphatic heterocycles. The fourth-order valence-corrected chi connectivity index (χ4v) is 1.88. The van der Waals surface area contributed by atoms with E-state index in [-0.39, 0.29) is 0 Å². The van der Waals surface area contributed by atoms with Crippen LogP contribution >= 0.6 is 11.6 Å². The number of hydrogen-bond donors (Lipinski definition) is 1. The molecule has 16 heavy (non-hydrogen) atoms. The summed E-state index contributed by atoms with van der Waals surface area (Å²) in [6.07, 6.45) is 1.83. The van der Waals surface area contributed by atoms with Crippen molar-refractivity contribution < 1.29 is 4.74 Å². The number of nitrogens with zero attached hydrogens (tertiary/aromatic N) is 1. The van der Waals surface area contributed by atoms with Gasteiger partial charge in [0.15, 0.2) is 0 Å². The average molecular weight is 237 g/mol. The van der Waals surface area contributed by atoms with E-state index in [0.29, 0.717) is 5.02 Å². The molecule has 0 bridgehead atoms. The summed E-state index contributed by atoms with van der Waals surface area (Å²) in [5, 5.41) is 4.70. The van der Waals surface area contributed by atoms with Crippen LogP contribution in [0.5, 0.6) is 5.75 Å². The van der Waals surface area contributed by atoms with Crippen molar-refractivity contribution in [3.63, 3.8) is 0 Å². The summed E-state index contributed by atoms with van der Waals surface area (Å²) < 4.78 is 5.25. The number of fused-ring (bicyclic) bond motifs is 1. The van der Waals surface area contributed by atoms with Crippen LogP contribution in [0.4, 0.5) is 0 Å². The van der Waals surface area contributed by atoms with Crippen LogP contribution in [-0.4, -0.2) is 19.1 Å². The highest BCUT2D eigenvalue weighted by Crippen LogP contribution is 2.30. The van der Waals surface area contributed by atoms with E-state index in [9.17, 15) is 0 Å². The Bertz CT molecular complexity index is 514. The lowest BCUT2D eigenvalue weighted by Gasteiger charge is -2.07. The maximum absolute atomic E-state index is 6.14. The average Bonchev–Trinajstić information content (AvgIpc) is 2.31. The predicted molar refractivity (Wildman–Crippen MR) is 66.1 cm³/mol. The first-order valence-corrected chi connectivity index (χ1v) is 5.39. The van der Waals surface area contributed by atoms with Crippen LogP contribution < -0.4 is 10.1 Å². The van der Waals surface area contributed by atoms with Gasteiger partial charge in [-0.25, -0.2) is 0 Å². The van der Waals surface area contributed by atoms with Gasteiger partial charge < -0.3 is 10.1 Å². The fourth-order valence-electron chi connectivity index (χ4n) is 1.67. The number of nitrogens with one attached hydrogen (secondary N) is 1. The minimum atomic E-state index is 0.696. The van der Waals surface area contributed by atoms with E-state index in [1.807, 2.05) is 31.4 Å². The van der Waals surface area contributed by atoms with Crippen LogP contribution in [0, 0.1) is 0 Å². The summed E-state index contributed by atoms with van der Waals surface area (Å²) in [6, 6.07) is 5.69. The molecule has 0 atom stereocenters. The van der Waals surface area contributed by atoms with Crippen LogP contribution in [0.15, 0.2) is 24.4 Å². The highest BCUT2D eigenvalue weighted by molar-refractivity contribution is 6.35. The van der Waals surface area contributed by atoms with E-state index >= 15 is 0 Å². The minimum absolute atomic E-state index is 0.696. The molecule has 0 fully saturated rings. The molecule has 0 spiro atoms. The lowest BCUT2D eigenvalue weighted by molar-refractivity contribution is 0.419. The van der Waals surface area contributed by atoms with E-state index in [4.69, 9.17) is 16.3 Å². The van der Waals surface area contributed by atoms with E-state index in [1.54, 1.807) is 7.11 Å². The molecule has 1 N–H and O–H groups in total. The third kappa shape index (κ3) is 1.96. The molecule has 1 aromatic carbocycles. The third-order valence-corrected chi connectivity index (χ3v) is 2.75. The molecule has 1 heterocycles. The van der Waals surface area contributed by atoms with Gasteiger partial charge in [-0.2, -0.15) is 0 Å². The van der Waals surface area contributed by atoms with Crippen LogP contribution in [0.1, 0.15) is 5.56 Å². The molecule has 0 saturated carbocycles.